The van der Waals surface area contributed by atoms with Crippen molar-refractivity contribution in [2.24, 2.45) is 4.99 Å². The van der Waals surface area contributed by atoms with E-state index in [1.165, 1.54) is 19.2 Å². The summed E-state index contributed by atoms with van der Waals surface area (Å²) in [6.45, 7) is 4.33. The molecule has 142 valence electrons. The molecule has 0 fully saturated rings. The minimum absolute atomic E-state index is 0.00666. The molecule has 1 aromatic rings. The Balaban J connectivity index is 2.54. The molecule has 0 spiro atoms. The largest absolute Gasteiger partial charge is 0.357 e. The summed E-state index contributed by atoms with van der Waals surface area (Å²) in [6.07, 6.45) is 4.45. The summed E-state index contributed by atoms with van der Waals surface area (Å²) in [5, 5.41) is 6.58. The van der Waals surface area contributed by atoms with Gasteiger partial charge >= 0.3 is 0 Å². The van der Waals surface area contributed by atoms with Crippen LogP contribution < -0.4 is 15.4 Å². The zero-order chi connectivity index (χ0) is 18.5. The van der Waals surface area contributed by atoms with E-state index in [0.717, 1.165) is 36.6 Å². The van der Waals surface area contributed by atoms with E-state index in [0.29, 0.717) is 6.54 Å². The molecule has 25 heavy (non-hydrogen) atoms. The van der Waals surface area contributed by atoms with E-state index in [2.05, 4.69) is 26.6 Å². The van der Waals surface area contributed by atoms with Gasteiger partial charge in [-0.1, -0.05) is 24.3 Å². The Morgan fingerprint density at radius 3 is 2.40 bits per heavy atom. The third-order valence-corrected chi connectivity index (χ3v) is 5.55. The summed E-state index contributed by atoms with van der Waals surface area (Å²) in [5.74, 6) is 1.99. The summed E-state index contributed by atoms with van der Waals surface area (Å²) >= 11 is 1.87. The van der Waals surface area contributed by atoms with Gasteiger partial charge in [0.05, 0.1) is 12.3 Å². The number of nitrogens with zero attached hydrogens (tertiary/aromatic N) is 1. The van der Waals surface area contributed by atoms with E-state index in [-0.39, 0.29) is 5.75 Å². The summed E-state index contributed by atoms with van der Waals surface area (Å²) in [4.78, 5) is 4.58. The van der Waals surface area contributed by atoms with Gasteiger partial charge in [0.1, 0.15) is 0 Å². The highest BCUT2D eigenvalue weighted by molar-refractivity contribution is 7.98. The highest BCUT2D eigenvalue weighted by atomic mass is 32.2. The fourth-order valence-electron chi connectivity index (χ4n) is 2.12. The molecule has 1 rings (SSSR count). The maximum atomic E-state index is 11.6. The topological polar surface area (TPSA) is 82.6 Å². The van der Waals surface area contributed by atoms with Crippen molar-refractivity contribution in [3.8, 4) is 0 Å². The molecule has 1 aromatic carbocycles. The fraction of sp³-hybridized carbons (Fsp3) is 0.588. The first-order chi connectivity index (χ1) is 12.0. The number of nitrogens with one attached hydrogen (secondary N) is 3. The number of benzene rings is 1. The summed E-state index contributed by atoms with van der Waals surface area (Å²) in [7, 11) is -1.81. The average molecular weight is 387 g/mol. The van der Waals surface area contributed by atoms with Crippen LogP contribution >= 0.6 is 11.8 Å². The first-order valence-corrected chi connectivity index (χ1v) is 11.6. The lowest BCUT2D eigenvalue weighted by molar-refractivity contribution is 0.587. The third kappa shape index (κ3) is 9.72. The van der Waals surface area contributed by atoms with Gasteiger partial charge in [0.25, 0.3) is 0 Å². The van der Waals surface area contributed by atoms with Gasteiger partial charge in [-0.25, -0.2) is 18.1 Å². The second-order valence-corrected chi connectivity index (χ2v) is 8.51. The van der Waals surface area contributed by atoms with Gasteiger partial charge in [0.2, 0.25) is 10.0 Å². The van der Waals surface area contributed by atoms with E-state index >= 15 is 0 Å². The lowest BCUT2D eigenvalue weighted by Gasteiger charge is -2.11. The molecular formula is C17H30N4O2S2. The van der Waals surface area contributed by atoms with E-state index in [9.17, 15) is 8.42 Å². The molecule has 0 heterocycles. The van der Waals surface area contributed by atoms with Gasteiger partial charge in [-0.2, -0.15) is 11.8 Å². The zero-order valence-corrected chi connectivity index (χ0v) is 17.0. The first kappa shape index (κ1) is 21.8. The summed E-state index contributed by atoms with van der Waals surface area (Å²) in [6, 6.07) is 7.52. The zero-order valence-electron chi connectivity index (χ0n) is 15.3. The number of hydrogen-bond donors (Lipinski definition) is 3. The van der Waals surface area contributed by atoms with Crippen molar-refractivity contribution in [2.75, 3.05) is 32.1 Å². The third-order valence-electron chi connectivity index (χ3n) is 3.52. The quantitative estimate of drug-likeness (QED) is 0.308. The van der Waals surface area contributed by atoms with Gasteiger partial charge in [-0.05, 0) is 49.9 Å². The summed E-state index contributed by atoms with van der Waals surface area (Å²) < 4.78 is 25.4. The van der Waals surface area contributed by atoms with Crippen LogP contribution in [0.3, 0.4) is 0 Å². The first-order valence-electron chi connectivity index (χ1n) is 8.51. The molecule has 0 atom stereocenters. The van der Waals surface area contributed by atoms with Crippen LogP contribution in [0.2, 0.25) is 0 Å². The van der Waals surface area contributed by atoms with Crippen LogP contribution in [0, 0.1) is 0 Å². The van der Waals surface area contributed by atoms with E-state index in [4.69, 9.17) is 0 Å². The molecule has 0 amide bonds. The molecule has 0 aliphatic heterocycles. The number of hydrogen-bond acceptors (Lipinski definition) is 4. The molecule has 0 aromatic heterocycles. The lowest BCUT2D eigenvalue weighted by atomic mass is 10.1. The molecule has 0 aliphatic rings. The van der Waals surface area contributed by atoms with Crippen LogP contribution in [0.15, 0.2) is 29.3 Å². The van der Waals surface area contributed by atoms with Crippen molar-refractivity contribution in [3.05, 3.63) is 35.4 Å². The molecule has 0 bridgehead atoms. The average Bonchev–Trinajstić information content (AvgIpc) is 2.60. The molecule has 0 unspecified atom stereocenters. The molecule has 3 N–H and O–H groups in total. The van der Waals surface area contributed by atoms with Crippen molar-refractivity contribution < 1.29 is 8.42 Å². The highest BCUT2D eigenvalue weighted by Crippen LogP contribution is 2.08. The molecule has 6 nitrogen and oxygen atoms in total. The Morgan fingerprint density at radius 1 is 1.12 bits per heavy atom. The number of thioether (sulfide) groups is 1. The van der Waals surface area contributed by atoms with E-state index in [1.807, 2.05) is 43.0 Å². The van der Waals surface area contributed by atoms with Crippen LogP contribution in [-0.4, -0.2) is 46.5 Å². The van der Waals surface area contributed by atoms with Gasteiger partial charge in [-0.15, -0.1) is 0 Å². The molecule has 0 aliphatic carbocycles. The molecule has 0 saturated heterocycles. The monoisotopic (exact) mass is 386 g/mol. The Kier molecular flexibility index (Phi) is 10.6. The lowest BCUT2D eigenvalue weighted by Crippen LogP contribution is -2.37. The second-order valence-electron chi connectivity index (χ2n) is 5.60. The van der Waals surface area contributed by atoms with Gasteiger partial charge < -0.3 is 10.6 Å². The maximum Gasteiger partial charge on any atom is 0.215 e. The van der Waals surface area contributed by atoms with Crippen molar-refractivity contribution in [2.45, 2.75) is 32.1 Å². The van der Waals surface area contributed by atoms with Crippen LogP contribution in [0.5, 0.6) is 0 Å². The SMILES string of the molecule is CCNC(=NCc1ccc(CS(=O)(=O)NC)cc1)NCCCCSC. The Labute approximate surface area is 156 Å². The molecule has 0 saturated carbocycles. The molecule has 0 radical (unpaired) electrons. The fourth-order valence-corrected chi connectivity index (χ4v) is 3.39. The van der Waals surface area contributed by atoms with Gasteiger partial charge in [-0.3, -0.25) is 0 Å². The number of guanidine groups is 1. The van der Waals surface area contributed by atoms with E-state index in [1.54, 1.807) is 0 Å². The van der Waals surface area contributed by atoms with Gasteiger partial charge in [0, 0.05) is 13.1 Å². The van der Waals surface area contributed by atoms with Gasteiger partial charge in [0.15, 0.2) is 5.96 Å². The van der Waals surface area contributed by atoms with Crippen LogP contribution in [0.4, 0.5) is 0 Å². The molecule has 8 heteroatoms. The standard InChI is InChI=1S/C17H30N4O2S2/c1-4-19-17(20-11-5-6-12-24-3)21-13-15-7-9-16(10-8-15)14-25(22,23)18-2/h7-10,18H,4-6,11-14H2,1-3H3,(H2,19,20,21). The Morgan fingerprint density at radius 2 is 1.80 bits per heavy atom. The summed E-state index contributed by atoms with van der Waals surface area (Å²) in [5.41, 5.74) is 1.81. The number of unbranched alkanes of at least 4 members (excludes halogenated alkanes) is 1. The smallest absolute Gasteiger partial charge is 0.215 e. The minimum atomic E-state index is -3.23. The number of sulfonamides is 1. The van der Waals surface area contributed by atoms with Crippen molar-refractivity contribution >= 4 is 27.7 Å². The predicted molar refractivity (Wildman–Crippen MR) is 109 cm³/mol. The predicted octanol–water partition coefficient (Wildman–Crippen LogP) is 1.93. The Hall–Kier alpha value is -1.25. The number of aliphatic imine (C=N–C) groups is 1. The minimum Gasteiger partial charge on any atom is -0.357 e. The van der Waals surface area contributed by atoms with Crippen LogP contribution in [-0.2, 0) is 22.3 Å². The van der Waals surface area contributed by atoms with Crippen molar-refractivity contribution in [1.82, 2.24) is 15.4 Å². The van der Waals surface area contributed by atoms with Crippen molar-refractivity contribution in [3.63, 3.8) is 0 Å². The van der Waals surface area contributed by atoms with Crippen molar-refractivity contribution in [1.29, 1.82) is 0 Å². The maximum absolute atomic E-state index is 11.6. The van der Waals surface area contributed by atoms with Crippen LogP contribution in [0.1, 0.15) is 30.9 Å². The number of rotatable bonds is 11. The van der Waals surface area contributed by atoms with Crippen LogP contribution in [0.25, 0.3) is 0 Å². The van der Waals surface area contributed by atoms with E-state index < -0.39 is 10.0 Å². The normalized spacial score (nSPS) is 12.2. The Bertz CT molecular complexity index is 616. The highest BCUT2D eigenvalue weighted by Gasteiger charge is 2.08. The molecular weight excluding hydrogens is 356 g/mol. The second kappa shape index (κ2) is 12.2.